The van der Waals surface area contributed by atoms with Crippen LogP contribution in [0.3, 0.4) is 0 Å². The van der Waals surface area contributed by atoms with Crippen molar-refractivity contribution in [1.82, 2.24) is 5.32 Å². The maximum absolute atomic E-state index is 13.4. The van der Waals surface area contributed by atoms with E-state index in [9.17, 15) is 31.5 Å². The summed E-state index contributed by atoms with van der Waals surface area (Å²) in [5.74, 6) is -5.11. The number of halogens is 5. The molecule has 1 N–H and O–H groups in total. The first-order chi connectivity index (χ1) is 9.20. The molecule has 20 heavy (non-hydrogen) atoms. The summed E-state index contributed by atoms with van der Waals surface area (Å²) in [4.78, 5) is 22.7. The zero-order valence-electron chi connectivity index (χ0n) is 9.85. The third-order valence-electron chi connectivity index (χ3n) is 2.99. The van der Waals surface area contributed by atoms with Crippen LogP contribution in [0, 0.1) is 11.6 Å². The van der Waals surface area contributed by atoms with E-state index in [1.54, 1.807) is 0 Å². The Kier molecular flexibility index (Phi) is 3.49. The fourth-order valence-electron chi connectivity index (χ4n) is 2.06. The summed E-state index contributed by atoms with van der Waals surface area (Å²) >= 11 is 0. The Bertz CT molecular complexity index is 582. The number of alkyl halides is 3. The second-order valence-electron chi connectivity index (χ2n) is 4.34. The van der Waals surface area contributed by atoms with E-state index in [1.807, 2.05) is 0 Å². The molecule has 1 amide bonds. The minimum Gasteiger partial charge on any atom is -0.338 e. The lowest BCUT2D eigenvalue weighted by molar-refractivity contribution is -0.174. The van der Waals surface area contributed by atoms with E-state index < -0.39 is 35.5 Å². The van der Waals surface area contributed by atoms with E-state index in [1.165, 1.54) is 5.32 Å². The van der Waals surface area contributed by atoms with Crippen LogP contribution >= 0.6 is 0 Å². The number of carbonyl (C=O) groups is 2. The normalized spacial score (nSPS) is 18.6. The largest absolute Gasteiger partial charge is 0.471 e. The number of fused-ring (bicyclic) bond motifs is 1. The first-order valence-corrected chi connectivity index (χ1v) is 5.60. The van der Waals surface area contributed by atoms with Gasteiger partial charge in [-0.3, -0.25) is 9.59 Å². The third-order valence-corrected chi connectivity index (χ3v) is 2.99. The van der Waals surface area contributed by atoms with Gasteiger partial charge in [-0.2, -0.15) is 13.2 Å². The third kappa shape index (κ3) is 2.63. The molecule has 0 spiro atoms. The lowest BCUT2D eigenvalue weighted by atomic mass is 9.86. The fourth-order valence-corrected chi connectivity index (χ4v) is 2.06. The zero-order chi connectivity index (χ0) is 15.1. The monoisotopic (exact) mass is 293 g/mol. The predicted molar refractivity (Wildman–Crippen MR) is 57.0 cm³/mol. The summed E-state index contributed by atoms with van der Waals surface area (Å²) in [5, 5.41) is 1.53. The lowest BCUT2D eigenvalue weighted by Gasteiger charge is -2.24. The first kappa shape index (κ1) is 14.4. The van der Waals surface area contributed by atoms with Gasteiger partial charge in [0.2, 0.25) is 0 Å². The molecule has 0 heterocycles. The van der Waals surface area contributed by atoms with E-state index >= 15 is 0 Å². The van der Waals surface area contributed by atoms with E-state index in [4.69, 9.17) is 0 Å². The lowest BCUT2D eigenvalue weighted by Crippen LogP contribution is -2.48. The Morgan fingerprint density at radius 3 is 2.50 bits per heavy atom. The molecule has 1 unspecified atom stereocenters. The van der Waals surface area contributed by atoms with E-state index in [-0.39, 0.29) is 24.0 Å². The second-order valence-corrected chi connectivity index (χ2v) is 4.34. The van der Waals surface area contributed by atoms with Gasteiger partial charge in [0, 0.05) is 11.6 Å². The number of hydrogen-bond acceptors (Lipinski definition) is 2. The summed E-state index contributed by atoms with van der Waals surface area (Å²) in [6.07, 6.45) is -5.35. The minimum atomic E-state index is -5.12. The maximum Gasteiger partial charge on any atom is 0.471 e. The Morgan fingerprint density at radius 1 is 1.25 bits per heavy atom. The quantitative estimate of drug-likeness (QED) is 0.806. The van der Waals surface area contributed by atoms with Crippen molar-refractivity contribution in [2.24, 2.45) is 0 Å². The SMILES string of the molecule is O=C1c2cc(F)cc(F)c2CCC1NC(=O)C(F)(F)F. The van der Waals surface area contributed by atoms with E-state index in [2.05, 4.69) is 0 Å². The Balaban J connectivity index is 2.26. The minimum absolute atomic E-state index is 0.0473. The summed E-state index contributed by atoms with van der Waals surface area (Å²) in [6.45, 7) is 0. The van der Waals surface area contributed by atoms with Gasteiger partial charge in [0.15, 0.2) is 5.78 Å². The number of nitrogens with one attached hydrogen (secondary N) is 1. The highest BCUT2D eigenvalue weighted by molar-refractivity contribution is 6.04. The predicted octanol–water partition coefficient (Wildman–Crippen LogP) is 2.14. The molecule has 0 aromatic heterocycles. The fraction of sp³-hybridized carbons (Fsp3) is 0.333. The van der Waals surface area contributed by atoms with Gasteiger partial charge in [-0.15, -0.1) is 0 Å². The van der Waals surface area contributed by atoms with Crippen LogP contribution in [0.25, 0.3) is 0 Å². The Morgan fingerprint density at radius 2 is 1.90 bits per heavy atom. The van der Waals surface area contributed by atoms with Gasteiger partial charge in [-0.05, 0) is 24.5 Å². The maximum atomic E-state index is 13.4. The summed E-state index contributed by atoms with van der Waals surface area (Å²) in [6, 6.07) is -0.0780. The van der Waals surface area contributed by atoms with Crippen LogP contribution in [0.1, 0.15) is 22.3 Å². The van der Waals surface area contributed by atoms with Gasteiger partial charge in [0.25, 0.3) is 0 Å². The van der Waals surface area contributed by atoms with Crippen LogP contribution in [0.5, 0.6) is 0 Å². The molecule has 1 aromatic rings. The van der Waals surface area contributed by atoms with Gasteiger partial charge in [0.1, 0.15) is 11.6 Å². The van der Waals surface area contributed by atoms with Crippen LogP contribution in [0.15, 0.2) is 12.1 Å². The average Bonchev–Trinajstić information content (AvgIpc) is 2.32. The number of carbonyl (C=O) groups excluding carboxylic acids is 2. The van der Waals surface area contributed by atoms with Crippen molar-refractivity contribution in [2.45, 2.75) is 25.1 Å². The van der Waals surface area contributed by atoms with Gasteiger partial charge in [0.05, 0.1) is 6.04 Å². The molecule has 0 bridgehead atoms. The summed E-state index contributed by atoms with van der Waals surface area (Å²) in [5.41, 5.74) is -0.380. The molecule has 0 saturated heterocycles. The van der Waals surface area contributed by atoms with Crippen molar-refractivity contribution in [2.75, 3.05) is 0 Å². The highest BCUT2D eigenvalue weighted by Crippen LogP contribution is 2.26. The molecule has 1 atom stereocenters. The van der Waals surface area contributed by atoms with Crippen LogP contribution in [-0.2, 0) is 11.2 Å². The average molecular weight is 293 g/mol. The van der Waals surface area contributed by atoms with Crippen molar-refractivity contribution in [3.05, 3.63) is 34.9 Å². The Labute approximate surface area is 109 Å². The van der Waals surface area contributed by atoms with Crippen LogP contribution in [0.2, 0.25) is 0 Å². The first-order valence-electron chi connectivity index (χ1n) is 5.60. The molecule has 1 aliphatic rings. The number of benzene rings is 1. The number of hydrogen-bond donors (Lipinski definition) is 1. The molecule has 0 fully saturated rings. The van der Waals surface area contributed by atoms with Gasteiger partial charge < -0.3 is 5.32 Å². The molecule has 0 radical (unpaired) electrons. The van der Waals surface area contributed by atoms with Gasteiger partial charge >= 0.3 is 12.1 Å². The van der Waals surface area contributed by atoms with Gasteiger partial charge in [-0.25, -0.2) is 8.78 Å². The number of ketones is 1. The van der Waals surface area contributed by atoms with Crippen molar-refractivity contribution in [1.29, 1.82) is 0 Å². The summed E-state index contributed by atoms with van der Waals surface area (Å²) < 4.78 is 62.8. The number of Topliss-reactive ketones (excluding diaryl/α,β-unsaturated/α-hetero) is 1. The number of amides is 1. The van der Waals surface area contributed by atoms with Crippen molar-refractivity contribution < 1.29 is 31.5 Å². The van der Waals surface area contributed by atoms with Crippen LogP contribution in [0.4, 0.5) is 22.0 Å². The van der Waals surface area contributed by atoms with Crippen LogP contribution < -0.4 is 5.32 Å². The Hall–Kier alpha value is -1.99. The molecular weight excluding hydrogens is 285 g/mol. The van der Waals surface area contributed by atoms with Crippen molar-refractivity contribution in [3.63, 3.8) is 0 Å². The van der Waals surface area contributed by atoms with Crippen LogP contribution in [-0.4, -0.2) is 23.9 Å². The molecule has 3 nitrogen and oxygen atoms in total. The van der Waals surface area contributed by atoms with Gasteiger partial charge in [-0.1, -0.05) is 0 Å². The molecule has 2 rings (SSSR count). The smallest absolute Gasteiger partial charge is 0.338 e. The number of rotatable bonds is 1. The second kappa shape index (κ2) is 4.84. The van der Waals surface area contributed by atoms with E-state index in [0.29, 0.717) is 6.07 Å². The van der Waals surface area contributed by atoms with Crippen molar-refractivity contribution >= 4 is 11.7 Å². The standard InChI is InChI=1S/C12H8F5NO2/c13-5-3-7-6(8(14)4-5)1-2-9(10(7)19)18-11(20)12(15,16)17/h3-4,9H,1-2H2,(H,18,20). The highest BCUT2D eigenvalue weighted by atomic mass is 19.4. The molecular formula is C12H8F5NO2. The molecule has 1 aromatic carbocycles. The molecule has 1 aliphatic carbocycles. The molecule has 8 heteroatoms. The zero-order valence-corrected chi connectivity index (χ0v) is 9.85. The van der Waals surface area contributed by atoms with E-state index in [0.717, 1.165) is 6.07 Å². The molecule has 108 valence electrons. The van der Waals surface area contributed by atoms with Crippen molar-refractivity contribution in [3.8, 4) is 0 Å². The molecule has 0 aliphatic heterocycles. The topological polar surface area (TPSA) is 46.2 Å². The molecule has 0 saturated carbocycles. The highest BCUT2D eigenvalue weighted by Gasteiger charge is 2.42. The summed E-state index contributed by atoms with van der Waals surface area (Å²) in [7, 11) is 0.